The lowest BCUT2D eigenvalue weighted by Crippen LogP contribution is -2.23. The summed E-state index contributed by atoms with van der Waals surface area (Å²) in [7, 11) is 1.26. The number of thioether (sulfide) groups is 1. The molecule has 10 heteroatoms. The van der Waals surface area contributed by atoms with E-state index in [0.717, 1.165) is 17.3 Å². The van der Waals surface area contributed by atoms with Crippen LogP contribution in [-0.2, 0) is 10.5 Å². The van der Waals surface area contributed by atoms with Gasteiger partial charge in [0.25, 0.3) is 11.5 Å². The molecule has 29 heavy (non-hydrogen) atoms. The Morgan fingerprint density at radius 1 is 1.24 bits per heavy atom. The Balaban J connectivity index is 1.69. The fourth-order valence-corrected chi connectivity index (χ4v) is 3.12. The first-order valence-electron chi connectivity index (χ1n) is 8.45. The Labute approximate surface area is 169 Å². The number of nitrogens with two attached hydrogens (primary N) is 1. The predicted molar refractivity (Wildman–Crippen MR) is 108 cm³/mol. The summed E-state index contributed by atoms with van der Waals surface area (Å²) in [6, 6.07) is 10.0. The number of carbonyl (C=O) groups excluding carboxylic acids is 2. The molecule has 9 nitrogen and oxygen atoms in total. The number of nitrogens with one attached hydrogen (secondary N) is 2. The van der Waals surface area contributed by atoms with Crippen molar-refractivity contribution in [3.8, 4) is 0 Å². The molecule has 0 aliphatic rings. The van der Waals surface area contributed by atoms with E-state index in [-0.39, 0.29) is 22.4 Å². The Morgan fingerprint density at radius 2 is 1.97 bits per heavy atom. The van der Waals surface area contributed by atoms with Gasteiger partial charge in [0.2, 0.25) is 5.76 Å². The van der Waals surface area contributed by atoms with Crippen LogP contribution in [0.15, 0.2) is 50.8 Å². The molecule has 0 aliphatic carbocycles. The minimum atomic E-state index is -0.578. The van der Waals surface area contributed by atoms with Crippen molar-refractivity contribution in [1.82, 2.24) is 9.97 Å². The summed E-state index contributed by atoms with van der Waals surface area (Å²) >= 11 is 1.15. The van der Waals surface area contributed by atoms with Crippen LogP contribution in [0, 0.1) is 6.92 Å². The van der Waals surface area contributed by atoms with Crippen molar-refractivity contribution in [3.05, 3.63) is 69.4 Å². The number of furan rings is 1. The minimum absolute atomic E-state index is 0.0817. The van der Waals surface area contributed by atoms with Gasteiger partial charge < -0.3 is 20.2 Å². The molecule has 1 aromatic carbocycles. The maximum Gasteiger partial charge on any atom is 0.373 e. The quantitative estimate of drug-likeness (QED) is 0.318. The molecule has 2 aromatic heterocycles. The van der Waals surface area contributed by atoms with E-state index in [2.05, 4.69) is 20.0 Å². The lowest BCUT2D eigenvalue weighted by molar-refractivity contribution is 0.0563. The van der Waals surface area contributed by atoms with E-state index in [0.29, 0.717) is 17.1 Å². The van der Waals surface area contributed by atoms with Crippen LogP contribution in [-0.4, -0.2) is 29.0 Å². The fraction of sp³-hybridized carbons (Fsp3) is 0.158. The van der Waals surface area contributed by atoms with E-state index in [4.69, 9.17) is 10.2 Å². The summed E-state index contributed by atoms with van der Waals surface area (Å²) in [6.45, 7) is 1.91. The number of aromatic nitrogens is 2. The summed E-state index contributed by atoms with van der Waals surface area (Å²) < 4.78 is 9.92. The standard InChI is InChI=1S/C19H18N4O5S/c1-10-3-5-11(6-4-10)16(24)21-14-15(20)22-19(23-17(14)25)29-9-12-7-8-13(28-12)18(26)27-2/h3-8H,9H2,1-2H3,(H,21,24)(H3,20,22,23,25). The molecule has 3 aromatic rings. The molecule has 4 N–H and O–H groups in total. The first-order valence-corrected chi connectivity index (χ1v) is 9.43. The number of aryl methyl sites for hydroxylation is 1. The Hall–Kier alpha value is -3.53. The van der Waals surface area contributed by atoms with Gasteiger partial charge >= 0.3 is 5.97 Å². The van der Waals surface area contributed by atoms with Gasteiger partial charge in [0.15, 0.2) is 11.0 Å². The second-order valence-corrected chi connectivity index (χ2v) is 6.96. The van der Waals surface area contributed by atoms with E-state index >= 15 is 0 Å². The Kier molecular flexibility index (Phi) is 6.03. The molecule has 0 radical (unpaired) electrons. The largest absolute Gasteiger partial charge is 0.463 e. The number of esters is 1. The van der Waals surface area contributed by atoms with Crippen LogP contribution in [0.25, 0.3) is 0 Å². The summed E-state index contributed by atoms with van der Waals surface area (Å²) in [4.78, 5) is 42.7. The van der Waals surface area contributed by atoms with Crippen LogP contribution in [0.2, 0.25) is 0 Å². The topological polar surface area (TPSA) is 140 Å². The van der Waals surface area contributed by atoms with Crippen molar-refractivity contribution < 1.29 is 18.7 Å². The molecule has 2 heterocycles. The molecule has 0 fully saturated rings. The van der Waals surface area contributed by atoms with E-state index in [1.54, 1.807) is 30.3 Å². The van der Waals surface area contributed by atoms with Gasteiger partial charge in [-0.15, -0.1) is 0 Å². The molecule has 1 amide bonds. The summed E-state index contributed by atoms with van der Waals surface area (Å²) in [6.07, 6.45) is 0. The van der Waals surface area contributed by atoms with Gasteiger partial charge in [-0.3, -0.25) is 14.6 Å². The van der Waals surface area contributed by atoms with Crippen molar-refractivity contribution in [3.63, 3.8) is 0 Å². The number of H-pyrrole nitrogens is 1. The monoisotopic (exact) mass is 414 g/mol. The lowest BCUT2D eigenvalue weighted by Gasteiger charge is -2.08. The van der Waals surface area contributed by atoms with Gasteiger partial charge in [0.1, 0.15) is 11.4 Å². The molecule has 0 bridgehead atoms. The smallest absolute Gasteiger partial charge is 0.373 e. The lowest BCUT2D eigenvalue weighted by atomic mass is 10.1. The highest BCUT2D eigenvalue weighted by Gasteiger charge is 2.15. The third-order valence-corrected chi connectivity index (χ3v) is 4.77. The second-order valence-electron chi connectivity index (χ2n) is 6.00. The number of amides is 1. The number of methoxy groups -OCH3 is 1. The molecule has 150 valence electrons. The number of hydrogen-bond donors (Lipinski definition) is 3. The van der Waals surface area contributed by atoms with Gasteiger partial charge in [0.05, 0.1) is 12.9 Å². The third kappa shape index (κ3) is 4.85. The molecule has 0 atom stereocenters. The number of carbonyl (C=O) groups is 2. The highest BCUT2D eigenvalue weighted by Crippen LogP contribution is 2.22. The first kappa shape index (κ1) is 20.2. The minimum Gasteiger partial charge on any atom is -0.463 e. The van der Waals surface area contributed by atoms with Gasteiger partial charge in [-0.05, 0) is 31.2 Å². The van der Waals surface area contributed by atoms with Gasteiger partial charge in [-0.25, -0.2) is 9.78 Å². The molecule has 0 spiro atoms. The van der Waals surface area contributed by atoms with Crippen LogP contribution < -0.4 is 16.6 Å². The van der Waals surface area contributed by atoms with E-state index < -0.39 is 17.4 Å². The van der Waals surface area contributed by atoms with Crippen molar-refractivity contribution in [2.75, 3.05) is 18.2 Å². The van der Waals surface area contributed by atoms with E-state index in [1.807, 2.05) is 6.92 Å². The van der Waals surface area contributed by atoms with Gasteiger partial charge in [0, 0.05) is 5.56 Å². The Bertz CT molecular complexity index is 1100. The number of hydrogen-bond acceptors (Lipinski definition) is 8. The number of nitrogen functional groups attached to an aromatic ring is 1. The Morgan fingerprint density at radius 3 is 2.62 bits per heavy atom. The number of anilines is 2. The van der Waals surface area contributed by atoms with Crippen LogP contribution in [0.4, 0.5) is 11.5 Å². The predicted octanol–water partition coefficient (Wildman–Crippen LogP) is 2.58. The van der Waals surface area contributed by atoms with Crippen molar-refractivity contribution in [2.24, 2.45) is 0 Å². The highest BCUT2D eigenvalue weighted by atomic mass is 32.2. The average molecular weight is 414 g/mol. The van der Waals surface area contributed by atoms with Gasteiger partial charge in [-0.1, -0.05) is 29.5 Å². The van der Waals surface area contributed by atoms with E-state index in [1.165, 1.54) is 13.2 Å². The highest BCUT2D eigenvalue weighted by molar-refractivity contribution is 7.98. The zero-order valence-electron chi connectivity index (χ0n) is 15.6. The van der Waals surface area contributed by atoms with Crippen LogP contribution in [0.5, 0.6) is 0 Å². The van der Waals surface area contributed by atoms with Gasteiger partial charge in [-0.2, -0.15) is 0 Å². The maximum atomic E-state index is 12.3. The summed E-state index contributed by atoms with van der Waals surface area (Å²) in [5.41, 5.74) is 6.57. The molecule has 3 rings (SSSR count). The van der Waals surface area contributed by atoms with Crippen molar-refractivity contribution in [1.29, 1.82) is 0 Å². The second kappa shape index (κ2) is 8.65. The van der Waals surface area contributed by atoms with Crippen LogP contribution >= 0.6 is 11.8 Å². The first-order chi connectivity index (χ1) is 13.9. The molecule has 0 saturated heterocycles. The summed E-state index contributed by atoms with van der Waals surface area (Å²) in [5.74, 6) is -0.270. The zero-order valence-corrected chi connectivity index (χ0v) is 16.5. The number of rotatable bonds is 6. The summed E-state index contributed by atoms with van der Waals surface area (Å²) in [5, 5.41) is 2.74. The number of nitrogens with zero attached hydrogens (tertiary/aromatic N) is 1. The maximum absolute atomic E-state index is 12.3. The zero-order chi connectivity index (χ0) is 21.0. The van der Waals surface area contributed by atoms with Crippen LogP contribution in [0.3, 0.4) is 0 Å². The fourth-order valence-electron chi connectivity index (χ4n) is 2.35. The molecular formula is C19H18N4O5S. The number of benzene rings is 1. The van der Waals surface area contributed by atoms with Crippen molar-refractivity contribution >= 4 is 35.1 Å². The SMILES string of the molecule is COC(=O)c1ccc(CSc2nc(N)c(NC(=O)c3ccc(C)cc3)c(=O)[nH]2)o1. The van der Waals surface area contributed by atoms with Crippen molar-refractivity contribution in [2.45, 2.75) is 17.8 Å². The molecular weight excluding hydrogens is 396 g/mol. The van der Waals surface area contributed by atoms with E-state index in [9.17, 15) is 14.4 Å². The molecule has 0 unspecified atom stereocenters. The number of aromatic amines is 1. The molecule has 0 saturated carbocycles. The number of ether oxygens (including phenoxy) is 1. The third-order valence-electron chi connectivity index (χ3n) is 3.88. The molecule has 0 aliphatic heterocycles. The average Bonchev–Trinajstić information content (AvgIpc) is 3.18. The normalized spacial score (nSPS) is 10.6. The van der Waals surface area contributed by atoms with Crippen LogP contribution in [0.1, 0.15) is 32.2 Å².